The van der Waals surface area contributed by atoms with Gasteiger partial charge >= 0.3 is 0 Å². The molecule has 0 spiro atoms. The quantitative estimate of drug-likeness (QED) is 0.215. The molecule has 1 amide bonds. The van der Waals surface area contributed by atoms with E-state index in [1.165, 1.54) is 0 Å². The summed E-state index contributed by atoms with van der Waals surface area (Å²) in [5.41, 5.74) is 7.33. The molecule has 0 unspecified atom stereocenters. The van der Waals surface area contributed by atoms with Crippen LogP contribution in [0.3, 0.4) is 0 Å². The molecule has 0 fully saturated rings. The Morgan fingerprint density at radius 2 is 1.89 bits per heavy atom. The lowest BCUT2D eigenvalue weighted by molar-refractivity contribution is 0.0918. The Labute approximate surface area is 228 Å². The Morgan fingerprint density at radius 1 is 1.22 bits per heavy atom. The fourth-order valence-corrected chi connectivity index (χ4v) is 5.60. The van der Waals surface area contributed by atoms with Crippen LogP contribution in [0.2, 0.25) is 10.0 Å². The standard InChI is InChI=1S/C29H34Cl2N4O2/c1-15-12-20(13-16(2)26(15)31)37-11-7-8-21-22-9-10-23(30)25(24(18(4)32)19(5)33-6)27(22)35-17(3)14-34-29(36)28(21)35/h9-10,12-13,17,32-33H,7-8,11,14H2,1-6H3,(H,34,36)/b24-19+,32-18?/t17-/m1/s1. The number of hydrogen-bond acceptors (Lipinski definition) is 4. The van der Waals surface area contributed by atoms with Gasteiger partial charge in [0.1, 0.15) is 11.4 Å². The van der Waals surface area contributed by atoms with Crippen LogP contribution in [0.5, 0.6) is 5.75 Å². The van der Waals surface area contributed by atoms with Crippen LogP contribution in [-0.2, 0) is 6.42 Å². The van der Waals surface area contributed by atoms with Crippen molar-refractivity contribution in [3.05, 3.63) is 68.0 Å². The molecule has 8 heteroatoms. The van der Waals surface area contributed by atoms with E-state index in [0.717, 1.165) is 61.6 Å². The average molecular weight is 542 g/mol. The van der Waals surface area contributed by atoms with E-state index in [2.05, 4.69) is 22.1 Å². The summed E-state index contributed by atoms with van der Waals surface area (Å²) in [6.07, 6.45) is 1.40. The van der Waals surface area contributed by atoms with E-state index >= 15 is 0 Å². The first-order valence-electron chi connectivity index (χ1n) is 12.5. The van der Waals surface area contributed by atoms with E-state index in [-0.39, 0.29) is 11.9 Å². The second-order valence-corrected chi connectivity index (χ2v) is 10.6. The Morgan fingerprint density at radius 3 is 2.51 bits per heavy atom. The summed E-state index contributed by atoms with van der Waals surface area (Å²) in [5.74, 6) is 0.709. The largest absolute Gasteiger partial charge is 0.494 e. The SMILES string of the molecule is CN/C(C)=C(\C(C)=N)c1c(Cl)ccc2c(CCCOc3cc(C)c(Cl)c(C)c3)c3n(c12)[C@H](C)CNC3=O. The highest BCUT2D eigenvalue weighted by molar-refractivity contribution is 6.37. The van der Waals surface area contributed by atoms with Crippen molar-refractivity contribution in [1.82, 2.24) is 15.2 Å². The van der Waals surface area contributed by atoms with Gasteiger partial charge in [0, 0.05) is 52.6 Å². The van der Waals surface area contributed by atoms with Crippen LogP contribution in [0, 0.1) is 19.3 Å². The Hall–Kier alpha value is -2.96. The maximum absolute atomic E-state index is 13.2. The molecule has 0 saturated heterocycles. The van der Waals surface area contributed by atoms with Crippen LogP contribution in [0.15, 0.2) is 30.0 Å². The minimum absolute atomic E-state index is 0.0413. The summed E-state index contributed by atoms with van der Waals surface area (Å²) in [6, 6.07) is 7.82. The molecule has 1 aromatic heterocycles. The maximum Gasteiger partial charge on any atom is 0.268 e. The van der Waals surface area contributed by atoms with Gasteiger partial charge in [-0.25, -0.2) is 0 Å². The molecule has 2 aromatic carbocycles. The Kier molecular flexibility index (Phi) is 7.91. The number of nitrogens with zero attached hydrogens (tertiary/aromatic N) is 1. The summed E-state index contributed by atoms with van der Waals surface area (Å²) in [6.45, 7) is 10.8. The van der Waals surface area contributed by atoms with Crippen LogP contribution >= 0.6 is 23.2 Å². The number of allylic oxidation sites excluding steroid dienone is 2. The number of halogens is 2. The van der Waals surface area contributed by atoms with Crippen molar-refractivity contribution in [1.29, 1.82) is 5.41 Å². The van der Waals surface area contributed by atoms with Crippen molar-refractivity contribution in [3.63, 3.8) is 0 Å². The van der Waals surface area contributed by atoms with Gasteiger partial charge in [-0.05, 0) is 82.3 Å². The van der Waals surface area contributed by atoms with Crippen LogP contribution in [0.25, 0.3) is 16.5 Å². The summed E-state index contributed by atoms with van der Waals surface area (Å²) in [5, 5.41) is 17.0. The van der Waals surface area contributed by atoms with Crippen LogP contribution in [0.1, 0.15) is 66.0 Å². The molecule has 1 aliphatic heterocycles. The van der Waals surface area contributed by atoms with Gasteiger partial charge in [0.25, 0.3) is 5.91 Å². The predicted octanol–water partition coefficient (Wildman–Crippen LogP) is 6.87. The van der Waals surface area contributed by atoms with Crippen molar-refractivity contribution < 1.29 is 9.53 Å². The molecule has 6 nitrogen and oxygen atoms in total. The fraction of sp³-hybridized carbons (Fsp3) is 0.379. The number of carbonyl (C=O) groups is 1. The lowest BCUT2D eigenvalue weighted by atomic mass is 9.96. The van der Waals surface area contributed by atoms with E-state index in [9.17, 15) is 4.79 Å². The van der Waals surface area contributed by atoms with Crippen LogP contribution < -0.4 is 15.4 Å². The van der Waals surface area contributed by atoms with Gasteiger partial charge in [-0.15, -0.1) is 0 Å². The molecule has 4 rings (SSSR count). The molecule has 3 aromatic rings. The molecule has 0 bridgehead atoms. The molecular formula is C29H34Cl2N4O2. The van der Waals surface area contributed by atoms with E-state index in [0.29, 0.717) is 36.0 Å². The average Bonchev–Trinajstić information content (AvgIpc) is 3.19. The topological polar surface area (TPSA) is 79.1 Å². The van der Waals surface area contributed by atoms with Gasteiger partial charge in [-0.1, -0.05) is 29.3 Å². The highest BCUT2D eigenvalue weighted by atomic mass is 35.5. The predicted molar refractivity (Wildman–Crippen MR) is 154 cm³/mol. The number of aromatic nitrogens is 1. The molecule has 3 N–H and O–H groups in total. The second kappa shape index (κ2) is 10.8. The molecule has 2 heterocycles. The zero-order chi connectivity index (χ0) is 27.0. The van der Waals surface area contributed by atoms with E-state index in [1.807, 2.05) is 52.1 Å². The maximum atomic E-state index is 13.2. The highest BCUT2D eigenvalue weighted by Crippen LogP contribution is 2.41. The lowest BCUT2D eigenvalue weighted by Crippen LogP contribution is -2.38. The summed E-state index contributed by atoms with van der Waals surface area (Å²) >= 11 is 13.1. The first kappa shape index (κ1) is 27.1. The van der Waals surface area contributed by atoms with Gasteiger partial charge in [-0.2, -0.15) is 0 Å². The van der Waals surface area contributed by atoms with Gasteiger partial charge in [0.2, 0.25) is 0 Å². The van der Waals surface area contributed by atoms with E-state index < -0.39 is 0 Å². The number of nitrogens with one attached hydrogen (secondary N) is 3. The number of benzene rings is 2. The molecule has 0 saturated carbocycles. The summed E-state index contributed by atoms with van der Waals surface area (Å²) < 4.78 is 8.17. The number of hydrogen-bond donors (Lipinski definition) is 3. The van der Waals surface area contributed by atoms with Crippen LogP contribution in [0.4, 0.5) is 0 Å². The number of fused-ring (bicyclic) bond motifs is 3. The molecule has 0 radical (unpaired) electrons. The van der Waals surface area contributed by atoms with Crippen molar-refractivity contribution in [3.8, 4) is 5.75 Å². The summed E-state index contributed by atoms with van der Waals surface area (Å²) in [7, 11) is 1.84. The van der Waals surface area contributed by atoms with Crippen molar-refractivity contribution in [2.75, 3.05) is 20.2 Å². The summed E-state index contributed by atoms with van der Waals surface area (Å²) in [4.78, 5) is 13.2. The minimum atomic E-state index is -0.0846. The molecule has 1 aliphatic rings. The monoisotopic (exact) mass is 540 g/mol. The molecule has 0 aliphatic carbocycles. The zero-order valence-electron chi connectivity index (χ0n) is 22.2. The molecule has 37 heavy (non-hydrogen) atoms. The smallest absolute Gasteiger partial charge is 0.268 e. The van der Waals surface area contributed by atoms with E-state index in [4.69, 9.17) is 33.3 Å². The van der Waals surface area contributed by atoms with Gasteiger partial charge in [0.05, 0.1) is 17.1 Å². The fourth-order valence-electron chi connectivity index (χ4n) is 5.25. The van der Waals surface area contributed by atoms with Gasteiger partial charge in [-0.3, -0.25) is 4.79 Å². The van der Waals surface area contributed by atoms with Crippen molar-refractivity contribution >= 4 is 51.3 Å². The van der Waals surface area contributed by atoms with Crippen molar-refractivity contribution in [2.24, 2.45) is 0 Å². The number of rotatable bonds is 8. The first-order chi connectivity index (χ1) is 17.6. The molecule has 1 atom stereocenters. The third kappa shape index (κ3) is 4.97. The van der Waals surface area contributed by atoms with Crippen molar-refractivity contribution in [2.45, 2.75) is 53.5 Å². The highest BCUT2D eigenvalue weighted by Gasteiger charge is 2.32. The minimum Gasteiger partial charge on any atom is -0.494 e. The Balaban J connectivity index is 1.78. The third-order valence-electron chi connectivity index (χ3n) is 7.06. The number of amides is 1. The first-order valence-corrected chi connectivity index (χ1v) is 13.3. The number of carbonyl (C=O) groups excluding carboxylic acids is 1. The van der Waals surface area contributed by atoms with E-state index in [1.54, 1.807) is 6.92 Å². The lowest BCUT2D eigenvalue weighted by Gasteiger charge is -2.26. The van der Waals surface area contributed by atoms with Gasteiger partial charge in [0.15, 0.2) is 0 Å². The number of ether oxygens (including phenoxy) is 1. The van der Waals surface area contributed by atoms with Crippen LogP contribution in [-0.4, -0.2) is 36.4 Å². The second-order valence-electron chi connectivity index (χ2n) is 9.77. The molecular weight excluding hydrogens is 507 g/mol. The normalized spacial score (nSPS) is 15.8. The molecule has 196 valence electrons. The zero-order valence-corrected chi connectivity index (χ0v) is 23.7. The third-order valence-corrected chi connectivity index (χ3v) is 7.97. The van der Waals surface area contributed by atoms with Gasteiger partial charge < -0.3 is 25.3 Å². The Bertz CT molecular complexity index is 1410. The number of aryl methyl sites for hydroxylation is 3.